The molecule has 2 aromatic heterocycles. The van der Waals surface area contributed by atoms with Crippen molar-refractivity contribution in [2.75, 3.05) is 12.4 Å². The van der Waals surface area contributed by atoms with Gasteiger partial charge in [0.1, 0.15) is 0 Å². The minimum atomic E-state index is -0.134. The molecule has 2 aromatic rings. The summed E-state index contributed by atoms with van der Waals surface area (Å²) in [7, 11) is 1.96. The summed E-state index contributed by atoms with van der Waals surface area (Å²) in [6.45, 7) is 2.26. The summed E-state index contributed by atoms with van der Waals surface area (Å²) < 4.78 is 6.88. The zero-order valence-corrected chi connectivity index (χ0v) is 13.2. The van der Waals surface area contributed by atoms with E-state index in [1.807, 2.05) is 36.1 Å². The molecule has 0 bridgehead atoms. The molecular formula is C13H17N3O2S2. The summed E-state index contributed by atoms with van der Waals surface area (Å²) in [4.78, 5) is 12.3. The van der Waals surface area contributed by atoms with Gasteiger partial charge in [-0.2, -0.15) is 0 Å². The Hall–Kier alpha value is -1.34. The fraction of sp³-hybridized carbons (Fsp3) is 0.462. The van der Waals surface area contributed by atoms with Crippen LogP contribution in [0.3, 0.4) is 0 Å². The Balaban J connectivity index is 1.84. The topological polar surface area (TPSA) is 57.0 Å². The van der Waals surface area contributed by atoms with Crippen LogP contribution in [-0.2, 0) is 16.6 Å². The molecule has 0 aliphatic rings. The Morgan fingerprint density at radius 1 is 1.50 bits per heavy atom. The van der Waals surface area contributed by atoms with Gasteiger partial charge in [-0.1, -0.05) is 17.8 Å². The minimum Gasteiger partial charge on any atom is -0.466 e. The molecule has 2 rings (SSSR count). The Morgan fingerprint density at radius 2 is 2.35 bits per heavy atom. The minimum absolute atomic E-state index is 0.134. The molecule has 7 heteroatoms. The third-order valence-electron chi connectivity index (χ3n) is 2.64. The van der Waals surface area contributed by atoms with Gasteiger partial charge in [-0.05, 0) is 24.8 Å². The standard InChI is InChI=1S/C13H17N3O2S2/c1-3-18-11(17)7-5-9-20-13-15-14-12(16(13)2)10-6-4-8-19-10/h4,6,8H,3,5,7,9H2,1-2H3. The molecule has 0 radical (unpaired) electrons. The molecule has 0 aliphatic heterocycles. The van der Waals surface area contributed by atoms with Gasteiger partial charge in [-0.15, -0.1) is 21.5 Å². The molecule has 0 atom stereocenters. The second kappa shape index (κ2) is 7.44. The SMILES string of the molecule is CCOC(=O)CCCSc1nnc(-c2cccs2)n1C. The highest BCUT2D eigenvalue weighted by Gasteiger charge is 2.11. The van der Waals surface area contributed by atoms with Crippen LogP contribution in [0.15, 0.2) is 22.7 Å². The average molecular weight is 311 g/mol. The van der Waals surface area contributed by atoms with Crippen molar-refractivity contribution in [1.29, 1.82) is 0 Å². The molecule has 5 nitrogen and oxygen atoms in total. The molecule has 0 amide bonds. The van der Waals surface area contributed by atoms with Crippen molar-refractivity contribution >= 4 is 29.1 Å². The fourth-order valence-electron chi connectivity index (χ4n) is 1.67. The first kappa shape index (κ1) is 15.1. The number of carbonyl (C=O) groups is 1. The summed E-state index contributed by atoms with van der Waals surface area (Å²) in [6.07, 6.45) is 1.24. The van der Waals surface area contributed by atoms with Crippen molar-refractivity contribution in [3.05, 3.63) is 17.5 Å². The van der Waals surface area contributed by atoms with E-state index in [0.29, 0.717) is 13.0 Å². The highest BCUT2D eigenvalue weighted by molar-refractivity contribution is 7.99. The van der Waals surface area contributed by atoms with E-state index in [-0.39, 0.29) is 5.97 Å². The van der Waals surface area contributed by atoms with Crippen molar-refractivity contribution in [1.82, 2.24) is 14.8 Å². The van der Waals surface area contributed by atoms with Crippen LogP contribution >= 0.6 is 23.1 Å². The number of ether oxygens (including phenoxy) is 1. The lowest BCUT2D eigenvalue weighted by Gasteiger charge is -2.03. The normalized spacial score (nSPS) is 10.7. The van der Waals surface area contributed by atoms with E-state index < -0.39 is 0 Å². The van der Waals surface area contributed by atoms with E-state index in [1.165, 1.54) is 0 Å². The number of thioether (sulfide) groups is 1. The van der Waals surface area contributed by atoms with Crippen LogP contribution in [0.5, 0.6) is 0 Å². The summed E-state index contributed by atoms with van der Waals surface area (Å²) in [5.74, 6) is 1.58. The van der Waals surface area contributed by atoms with Crippen molar-refractivity contribution < 1.29 is 9.53 Å². The molecule has 0 spiro atoms. The highest BCUT2D eigenvalue weighted by atomic mass is 32.2. The number of thiophene rings is 1. The molecule has 108 valence electrons. The molecule has 0 aliphatic carbocycles. The van der Waals surface area contributed by atoms with Gasteiger partial charge < -0.3 is 9.30 Å². The lowest BCUT2D eigenvalue weighted by Crippen LogP contribution is -2.04. The van der Waals surface area contributed by atoms with Gasteiger partial charge in [0.25, 0.3) is 0 Å². The molecule has 0 saturated heterocycles. The second-order valence-corrected chi connectivity index (χ2v) is 6.11. The van der Waals surface area contributed by atoms with Crippen molar-refractivity contribution in [3.63, 3.8) is 0 Å². The zero-order valence-electron chi connectivity index (χ0n) is 11.5. The van der Waals surface area contributed by atoms with Gasteiger partial charge in [-0.25, -0.2) is 0 Å². The number of aromatic nitrogens is 3. The first-order valence-electron chi connectivity index (χ1n) is 6.44. The molecule has 20 heavy (non-hydrogen) atoms. The quantitative estimate of drug-likeness (QED) is 0.447. The number of nitrogens with zero attached hydrogens (tertiary/aromatic N) is 3. The summed E-state index contributed by atoms with van der Waals surface area (Å²) in [5, 5.41) is 11.3. The van der Waals surface area contributed by atoms with E-state index in [9.17, 15) is 4.79 Å². The molecule has 0 aromatic carbocycles. The summed E-state index contributed by atoms with van der Waals surface area (Å²) >= 11 is 3.26. The maximum Gasteiger partial charge on any atom is 0.305 e. The van der Waals surface area contributed by atoms with Gasteiger partial charge in [0, 0.05) is 19.2 Å². The van der Waals surface area contributed by atoms with Gasteiger partial charge >= 0.3 is 5.97 Å². The first-order chi connectivity index (χ1) is 9.72. The lowest BCUT2D eigenvalue weighted by molar-refractivity contribution is -0.143. The summed E-state index contributed by atoms with van der Waals surface area (Å²) in [6, 6.07) is 4.03. The predicted octanol–water partition coefficient (Wildman–Crippen LogP) is 2.98. The molecular weight excluding hydrogens is 294 g/mol. The molecule has 2 heterocycles. The van der Waals surface area contributed by atoms with E-state index >= 15 is 0 Å². The Morgan fingerprint density at radius 3 is 3.05 bits per heavy atom. The second-order valence-electron chi connectivity index (χ2n) is 4.10. The fourth-order valence-corrected chi connectivity index (χ4v) is 3.27. The largest absolute Gasteiger partial charge is 0.466 e. The van der Waals surface area contributed by atoms with Gasteiger partial charge in [-0.3, -0.25) is 4.79 Å². The van der Waals surface area contributed by atoms with Crippen molar-refractivity contribution in [3.8, 4) is 10.7 Å². The predicted molar refractivity (Wildman–Crippen MR) is 80.9 cm³/mol. The average Bonchev–Trinajstić information content (AvgIpc) is 3.05. The van der Waals surface area contributed by atoms with Crippen molar-refractivity contribution in [2.45, 2.75) is 24.9 Å². The van der Waals surface area contributed by atoms with E-state index in [1.54, 1.807) is 23.1 Å². The van der Waals surface area contributed by atoms with Gasteiger partial charge in [0.15, 0.2) is 11.0 Å². The third kappa shape index (κ3) is 3.83. The third-order valence-corrected chi connectivity index (χ3v) is 4.61. The Bertz CT molecular complexity index is 552. The van der Waals surface area contributed by atoms with Crippen LogP contribution in [0.25, 0.3) is 10.7 Å². The van der Waals surface area contributed by atoms with Crippen LogP contribution in [0.2, 0.25) is 0 Å². The van der Waals surface area contributed by atoms with E-state index in [4.69, 9.17) is 4.74 Å². The van der Waals surface area contributed by atoms with Gasteiger partial charge in [0.2, 0.25) is 0 Å². The van der Waals surface area contributed by atoms with Crippen LogP contribution in [0.4, 0.5) is 0 Å². The summed E-state index contributed by atoms with van der Waals surface area (Å²) in [5.41, 5.74) is 0. The van der Waals surface area contributed by atoms with Crippen LogP contribution < -0.4 is 0 Å². The molecule has 0 N–H and O–H groups in total. The molecule has 0 fully saturated rings. The maximum absolute atomic E-state index is 11.2. The Labute approximate surface area is 126 Å². The van der Waals surface area contributed by atoms with Crippen LogP contribution in [-0.4, -0.2) is 33.1 Å². The molecule has 0 saturated carbocycles. The van der Waals surface area contributed by atoms with Crippen LogP contribution in [0.1, 0.15) is 19.8 Å². The number of esters is 1. The number of carbonyl (C=O) groups excluding carboxylic acids is 1. The van der Waals surface area contributed by atoms with E-state index in [2.05, 4.69) is 10.2 Å². The number of hydrogen-bond donors (Lipinski definition) is 0. The maximum atomic E-state index is 11.2. The number of hydrogen-bond acceptors (Lipinski definition) is 6. The van der Waals surface area contributed by atoms with Gasteiger partial charge in [0.05, 0.1) is 11.5 Å². The smallest absolute Gasteiger partial charge is 0.305 e. The molecule has 0 unspecified atom stereocenters. The zero-order chi connectivity index (χ0) is 14.4. The van der Waals surface area contributed by atoms with Crippen LogP contribution in [0, 0.1) is 0 Å². The Kier molecular flexibility index (Phi) is 5.60. The van der Waals surface area contributed by atoms with E-state index in [0.717, 1.165) is 28.0 Å². The monoisotopic (exact) mass is 311 g/mol. The number of rotatable bonds is 7. The highest BCUT2D eigenvalue weighted by Crippen LogP contribution is 2.26. The first-order valence-corrected chi connectivity index (χ1v) is 8.30. The lowest BCUT2D eigenvalue weighted by atomic mass is 10.3. The van der Waals surface area contributed by atoms with Crippen molar-refractivity contribution in [2.24, 2.45) is 7.05 Å².